The van der Waals surface area contributed by atoms with E-state index in [9.17, 15) is 13.2 Å². The molecule has 0 saturated carbocycles. The minimum absolute atomic E-state index is 0.122. The summed E-state index contributed by atoms with van der Waals surface area (Å²) >= 11 is 0. The fourth-order valence-corrected chi connectivity index (χ4v) is 5.73. The van der Waals surface area contributed by atoms with Gasteiger partial charge in [-0.2, -0.15) is 9.40 Å². The SMILES string of the molecule is COc1cccc(Cn2nccc2NC(=O)c2cc(S(=O)(=O)N3CCCCC3)cn2C)c1OC. The molecule has 0 bridgehead atoms. The molecule has 2 aromatic heterocycles. The molecule has 182 valence electrons. The predicted octanol–water partition coefficient (Wildman–Crippen LogP) is 2.71. The number of aryl methyl sites for hydroxylation is 1. The Balaban J connectivity index is 1.54. The lowest BCUT2D eigenvalue weighted by molar-refractivity contribution is 0.101. The van der Waals surface area contributed by atoms with Crippen LogP contribution in [0.2, 0.25) is 0 Å². The molecule has 1 amide bonds. The molecule has 4 rings (SSSR count). The summed E-state index contributed by atoms with van der Waals surface area (Å²) in [6, 6.07) is 8.65. The maximum atomic E-state index is 13.1. The number of methoxy groups -OCH3 is 2. The Morgan fingerprint density at radius 2 is 1.88 bits per heavy atom. The lowest BCUT2D eigenvalue weighted by Crippen LogP contribution is -2.35. The van der Waals surface area contributed by atoms with Crippen molar-refractivity contribution in [1.29, 1.82) is 0 Å². The standard InChI is InChI=1S/C23H29N5O5S/c1-26-16-18(34(30,31)27-12-5-4-6-13-27)14-19(26)23(29)25-21-10-11-24-28(21)15-17-8-7-9-20(32-2)22(17)33-3/h7-11,14,16H,4-6,12-13,15H2,1-3H3,(H,25,29). The molecule has 3 aromatic rings. The molecule has 11 heteroatoms. The molecular weight excluding hydrogens is 458 g/mol. The van der Waals surface area contributed by atoms with Crippen LogP contribution < -0.4 is 14.8 Å². The van der Waals surface area contributed by atoms with Crippen LogP contribution >= 0.6 is 0 Å². The maximum Gasteiger partial charge on any atom is 0.273 e. The lowest BCUT2D eigenvalue weighted by atomic mass is 10.2. The number of para-hydroxylation sites is 1. The second kappa shape index (κ2) is 9.90. The van der Waals surface area contributed by atoms with Gasteiger partial charge >= 0.3 is 0 Å². The first kappa shape index (κ1) is 23.8. The number of hydrogen-bond donors (Lipinski definition) is 1. The second-order valence-electron chi connectivity index (χ2n) is 8.12. The Bertz CT molecular complexity index is 1270. The number of carbonyl (C=O) groups is 1. The number of benzene rings is 1. The number of piperidine rings is 1. The minimum Gasteiger partial charge on any atom is -0.493 e. The lowest BCUT2D eigenvalue weighted by Gasteiger charge is -2.25. The van der Waals surface area contributed by atoms with Crippen molar-refractivity contribution >= 4 is 21.7 Å². The Morgan fingerprint density at radius 1 is 1.12 bits per heavy atom. The van der Waals surface area contributed by atoms with Crippen LogP contribution in [0.3, 0.4) is 0 Å². The molecule has 0 aliphatic carbocycles. The molecule has 34 heavy (non-hydrogen) atoms. The number of sulfonamides is 1. The number of nitrogens with one attached hydrogen (secondary N) is 1. The number of aromatic nitrogens is 3. The van der Waals surface area contributed by atoms with Crippen molar-refractivity contribution in [3.8, 4) is 11.5 Å². The highest BCUT2D eigenvalue weighted by molar-refractivity contribution is 7.89. The van der Waals surface area contributed by atoms with E-state index in [0.29, 0.717) is 37.0 Å². The van der Waals surface area contributed by atoms with Gasteiger partial charge in [-0.15, -0.1) is 0 Å². The second-order valence-corrected chi connectivity index (χ2v) is 10.1. The Hall–Kier alpha value is -3.31. The van der Waals surface area contributed by atoms with E-state index >= 15 is 0 Å². The number of nitrogens with zero attached hydrogens (tertiary/aromatic N) is 4. The van der Waals surface area contributed by atoms with Gasteiger partial charge in [-0.25, -0.2) is 13.1 Å². The molecule has 1 saturated heterocycles. The first-order valence-electron chi connectivity index (χ1n) is 11.0. The Labute approximate surface area is 199 Å². The molecule has 3 heterocycles. The van der Waals surface area contributed by atoms with Crippen LogP contribution in [0.1, 0.15) is 35.3 Å². The number of ether oxygens (including phenoxy) is 2. The van der Waals surface area contributed by atoms with Crippen molar-refractivity contribution in [2.75, 3.05) is 32.6 Å². The molecule has 0 radical (unpaired) electrons. The fourth-order valence-electron chi connectivity index (χ4n) is 4.14. The zero-order chi connectivity index (χ0) is 24.3. The largest absolute Gasteiger partial charge is 0.493 e. The Morgan fingerprint density at radius 3 is 2.59 bits per heavy atom. The van der Waals surface area contributed by atoms with Crippen LogP contribution in [0.4, 0.5) is 5.82 Å². The van der Waals surface area contributed by atoms with Crippen LogP contribution in [0.15, 0.2) is 47.6 Å². The van der Waals surface area contributed by atoms with Gasteiger partial charge in [0.15, 0.2) is 11.5 Å². The summed E-state index contributed by atoms with van der Waals surface area (Å²) in [5.41, 5.74) is 1.07. The van der Waals surface area contributed by atoms with E-state index < -0.39 is 15.9 Å². The van der Waals surface area contributed by atoms with E-state index in [4.69, 9.17) is 9.47 Å². The summed E-state index contributed by atoms with van der Waals surface area (Å²) in [4.78, 5) is 13.2. The zero-order valence-electron chi connectivity index (χ0n) is 19.5. The van der Waals surface area contributed by atoms with Gasteiger partial charge in [0.25, 0.3) is 5.91 Å². The molecule has 0 spiro atoms. The van der Waals surface area contributed by atoms with Gasteiger partial charge in [0.2, 0.25) is 10.0 Å². The fraction of sp³-hybridized carbons (Fsp3) is 0.391. The molecule has 0 unspecified atom stereocenters. The van der Waals surface area contributed by atoms with Crippen LogP contribution in [-0.2, 0) is 23.6 Å². The Kier molecular flexibility index (Phi) is 6.94. The number of anilines is 1. The normalized spacial score (nSPS) is 14.7. The molecule has 10 nitrogen and oxygen atoms in total. The quantitative estimate of drug-likeness (QED) is 0.524. The third kappa shape index (κ3) is 4.66. The monoisotopic (exact) mass is 487 g/mol. The van der Waals surface area contributed by atoms with E-state index in [2.05, 4.69) is 10.4 Å². The molecule has 1 fully saturated rings. The molecule has 0 atom stereocenters. The first-order valence-corrected chi connectivity index (χ1v) is 12.5. The molecular formula is C23H29N5O5S. The van der Waals surface area contributed by atoms with Crippen LogP contribution in [-0.4, -0.2) is 60.3 Å². The highest BCUT2D eigenvalue weighted by Gasteiger charge is 2.28. The smallest absolute Gasteiger partial charge is 0.273 e. The van der Waals surface area contributed by atoms with Crippen molar-refractivity contribution in [3.05, 3.63) is 54.0 Å². The highest BCUT2D eigenvalue weighted by atomic mass is 32.2. The topological polar surface area (TPSA) is 108 Å². The number of hydrogen-bond acceptors (Lipinski definition) is 6. The van der Waals surface area contributed by atoms with Gasteiger partial charge in [0.1, 0.15) is 16.4 Å². The summed E-state index contributed by atoms with van der Waals surface area (Å²) in [6.07, 6.45) is 5.80. The van der Waals surface area contributed by atoms with E-state index in [1.165, 1.54) is 21.1 Å². The highest BCUT2D eigenvalue weighted by Crippen LogP contribution is 2.31. The molecule has 1 aliphatic rings. The average Bonchev–Trinajstić information content (AvgIpc) is 3.45. The van der Waals surface area contributed by atoms with Crippen LogP contribution in [0.25, 0.3) is 0 Å². The van der Waals surface area contributed by atoms with Gasteiger partial charge in [-0.1, -0.05) is 18.6 Å². The number of amides is 1. The third-order valence-electron chi connectivity index (χ3n) is 5.93. The van der Waals surface area contributed by atoms with Crippen LogP contribution in [0.5, 0.6) is 11.5 Å². The van der Waals surface area contributed by atoms with E-state index in [0.717, 1.165) is 24.8 Å². The molecule has 1 N–H and O–H groups in total. The summed E-state index contributed by atoms with van der Waals surface area (Å²) in [7, 11) is 1.16. The van der Waals surface area contributed by atoms with Gasteiger partial charge in [-0.05, 0) is 25.0 Å². The van der Waals surface area contributed by atoms with E-state index in [1.54, 1.807) is 44.3 Å². The third-order valence-corrected chi connectivity index (χ3v) is 7.79. The van der Waals surface area contributed by atoms with E-state index in [1.807, 2.05) is 12.1 Å². The summed E-state index contributed by atoms with van der Waals surface area (Å²) in [5, 5.41) is 7.15. The van der Waals surface area contributed by atoms with Gasteiger partial charge in [-0.3, -0.25) is 4.79 Å². The summed E-state index contributed by atoms with van der Waals surface area (Å²) in [5.74, 6) is 1.23. The van der Waals surface area contributed by atoms with Crippen molar-refractivity contribution in [2.24, 2.45) is 7.05 Å². The van der Waals surface area contributed by atoms with Crippen molar-refractivity contribution < 1.29 is 22.7 Å². The number of carbonyl (C=O) groups excluding carboxylic acids is 1. The number of rotatable bonds is 8. The van der Waals surface area contributed by atoms with E-state index in [-0.39, 0.29) is 10.6 Å². The predicted molar refractivity (Wildman–Crippen MR) is 127 cm³/mol. The summed E-state index contributed by atoms with van der Waals surface area (Å²) in [6.45, 7) is 1.35. The average molecular weight is 488 g/mol. The first-order chi connectivity index (χ1) is 16.3. The minimum atomic E-state index is -3.63. The molecule has 1 aromatic carbocycles. The van der Waals surface area contributed by atoms with Crippen molar-refractivity contribution in [3.63, 3.8) is 0 Å². The van der Waals surface area contributed by atoms with Crippen molar-refractivity contribution in [1.82, 2.24) is 18.7 Å². The van der Waals surface area contributed by atoms with Crippen LogP contribution in [0, 0.1) is 0 Å². The van der Waals surface area contributed by atoms with Gasteiger partial charge < -0.3 is 19.4 Å². The maximum absolute atomic E-state index is 13.1. The zero-order valence-corrected chi connectivity index (χ0v) is 20.3. The molecule has 1 aliphatic heterocycles. The van der Waals surface area contributed by atoms with Gasteiger partial charge in [0.05, 0.1) is 27.0 Å². The van der Waals surface area contributed by atoms with Crippen molar-refractivity contribution in [2.45, 2.75) is 30.7 Å². The van der Waals surface area contributed by atoms with Gasteiger partial charge in [0, 0.05) is 38.0 Å². The summed E-state index contributed by atoms with van der Waals surface area (Å²) < 4.78 is 41.5.